The number of carbonyl (C=O) groups is 1. The third-order valence-corrected chi connectivity index (χ3v) is 5.01. The van der Waals surface area contributed by atoms with Gasteiger partial charge in [0.05, 0.1) is 0 Å². The van der Waals surface area contributed by atoms with Gasteiger partial charge < -0.3 is 10.2 Å². The molecule has 1 aromatic carbocycles. The summed E-state index contributed by atoms with van der Waals surface area (Å²) >= 11 is 1.64. The average molecular weight is 333 g/mol. The molecular formula is C17H20FN3OS. The molecule has 0 atom stereocenters. The predicted octanol–water partition coefficient (Wildman–Crippen LogP) is 2.86. The topological polar surface area (TPSA) is 45.2 Å². The van der Waals surface area contributed by atoms with E-state index >= 15 is 0 Å². The lowest BCUT2D eigenvalue weighted by atomic mass is 9.96. The Balaban J connectivity index is 1.40. The lowest BCUT2D eigenvalue weighted by molar-refractivity contribution is -0.125. The van der Waals surface area contributed by atoms with Crippen LogP contribution in [0.25, 0.3) is 0 Å². The SMILES string of the molecule is O=C(NCCc1ccc(F)cc1)C1CCN(c2nccs2)CC1. The second-order valence-electron chi connectivity index (χ2n) is 5.74. The number of rotatable bonds is 5. The number of thiazole rings is 1. The summed E-state index contributed by atoms with van der Waals surface area (Å²) in [6, 6.07) is 6.42. The molecular weight excluding hydrogens is 313 g/mol. The van der Waals surface area contributed by atoms with Crippen molar-refractivity contribution in [1.29, 1.82) is 0 Å². The zero-order valence-corrected chi connectivity index (χ0v) is 13.7. The van der Waals surface area contributed by atoms with Crippen LogP contribution in [0.15, 0.2) is 35.8 Å². The van der Waals surface area contributed by atoms with E-state index in [2.05, 4.69) is 15.2 Å². The summed E-state index contributed by atoms with van der Waals surface area (Å²) in [4.78, 5) is 18.8. The van der Waals surface area contributed by atoms with Gasteiger partial charge in [-0.1, -0.05) is 12.1 Å². The summed E-state index contributed by atoms with van der Waals surface area (Å²) in [7, 11) is 0. The Hall–Kier alpha value is -1.95. The van der Waals surface area contributed by atoms with Crippen molar-refractivity contribution < 1.29 is 9.18 Å². The van der Waals surface area contributed by atoms with Gasteiger partial charge in [0.2, 0.25) is 5.91 Å². The first kappa shape index (κ1) is 15.9. The Labute approximate surface area is 139 Å². The van der Waals surface area contributed by atoms with Crippen LogP contribution in [0, 0.1) is 11.7 Å². The molecule has 1 aromatic heterocycles. The maximum atomic E-state index is 12.8. The van der Waals surface area contributed by atoms with E-state index in [1.165, 1.54) is 12.1 Å². The van der Waals surface area contributed by atoms with Gasteiger partial charge in [-0.3, -0.25) is 4.79 Å². The maximum Gasteiger partial charge on any atom is 0.223 e. The number of hydrogen-bond acceptors (Lipinski definition) is 4. The van der Waals surface area contributed by atoms with Gasteiger partial charge in [-0.25, -0.2) is 9.37 Å². The lowest BCUT2D eigenvalue weighted by Gasteiger charge is -2.31. The molecule has 1 amide bonds. The highest BCUT2D eigenvalue weighted by Gasteiger charge is 2.25. The van der Waals surface area contributed by atoms with E-state index < -0.39 is 0 Å². The van der Waals surface area contributed by atoms with E-state index in [4.69, 9.17) is 0 Å². The fourth-order valence-corrected chi connectivity index (χ4v) is 3.53. The fourth-order valence-electron chi connectivity index (χ4n) is 2.83. The van der Waals surface area contributed by atoms with Crippen LogP contribution in [-0.4, -0.2) is 30.5 Å². The van der Waals surface area contributed by atoms with Crippen molar-refractivity contribution in [3.8, 4) is 0 Å². The van der Waals surface area contributed by atoms with Gasteiger partial charge in [0.15, 0.2) is 5.13 Å². The maximum absolute atomic E-state index is 12.8. The van der Waals surface area contributed by atoms with Crippen molar-refractivity contribution in [1.82, 2.24) is 10.3 Å². The van der Waals surface area contributed by atoms with E-state index in [1.54, 1.807) is 23.5 Å². The Morgan fingerprint density at radius 2 is 2.04 bits per heavy atom. The van der Waals surface area contributed by atoms with E-state index in [9.17, 15) is 9.18 Å². The van der Waals surface area contributed by atoms with Crippen LogP contribution in [0.1, 0.15) is 18.4 Å². The van der Waals surface area contributed by atoms with E-state index in [-0.39, 0.29) is 17.6 Å². The number of halogens is 1. The zero-order chi connectivity index (χ0) is 16.1. The number of nitrogens with one attached hydrogen (secondary N) is 1. The summed E-state index contributed by atoms with van der Waals surface area (Å²) in [6.07, 6.45) is 4.27. The van der Waals surface area contributed by atoms with Crippen molar-refractivity contribution in [3.05, 3.63) is 47.2 Å². The number of anilines is 1. The largest absolute Gasteiger partial charge is 0.356 e. The summed E-state index contributed by atoms with van der Waals surface area (Å²) in [5.41, 5.74) is 1.03. The minimum Gasteiger partial charge on any atom is -0.356 e. The molecule has 122 valence electrons. The first-order valence-corrected chi connectivity index (χ1v) is 8.77. The molecule has 1 fully saturated rings. The van der Waals surface area contributed by atoms with Gasteiger partial charge in [0, 0.05) is 37.1 Å². The molecule has 0 aliphatic carbocycles. The van der Waals surface area contributed by atoms with Gasteiger partial charge >= 0.3 is 0 Å². The molecule has 1 saturated heterocycles. The molecule has 0 saturated carbocycles. The first-order valence-electron chi connectivity index (χ1n) is 7.89. The van der Waals surface area contributed by atoms with Crippen LogP contribution in [0.3, 0.4) is 0 Å². The monoisotopic (exact) mass is 333 g/mol. The smallest absolute Gasteiger partial charge is 0.223 e. The zero-order valence-electron chi connectivity index (χ0n) is 12.9. The van der Waals surface area contributed by atoms with Gasteiger partial charge in [-0.15, -0.1) is 11.3 Å². The summed E-state index contributed by atoms with van der Waals surface area (Å²) in [5, 5.41) is 6.02. The summed E-state index contributed by atoms with van der Waals surface area (Å²) < 4.78 is 12.8. The number of aromatic nitrogens is 1. The van der Waals surface area contributed by atoms with Crippen molar-refractivity contribution in [2.75, 3.05) is 24.5 Å². The number of nitrogens with zero attached hydrogens (tertiary/aromatic N) is 2. The van der Waals surface area contributed by atoms with Crippen LogP contribution in [0.2, 0.25) is 0 Å². The lowest BCUT2D eigenvalue weighted by Crippen LogP contribution is -2.41. The van der Waals surface area contributed by atoms with Crippen molar-refractivity contribution >= 4 is 22.4 Å². The molecule has 3 rings (SSSR count). The highest BCUT2D eigenvalue weighted by Crippen LogP contribution is 2.24. The first-order chi connectivity index (χ1) is 11.2. The Morgan fingerprint density at radius 3 is 2.70 bits per heavy atom. The quantitative estimate of drug-likeness (QED) is 0.915. The highest BCUT2D eigenvalue weighted by atomic mass is 32.1. The normalized spacial score (nSPS) is 15.6. The number of piperidine rings is 1. The fraction of sp³-hybridized carbons (Fsp3) is 0.412. The second-order valence-corrected chi connectivity index (χ2v) is 6.62. The Kier molecular flexibility index (Phi) is 5.23. The molecule has 23 heavy (non-hydrogen) atoms. The van der Waals surface area contributed by atoms with Gasteiger partial charge in [0.1, 0.15) is 5.82 Å². The number of benzene rings is 1. The second kappa shape index (κ2) is 7.55. The van der Waals surface area contributed by atoms with Crippen LogP contribution in [0.4, 0.5) is 9.52 Å². The molecule has 0 radical (unpaired) electrons. The molecule has 4 nitrogen and oxygen atoms in total. The number of amides is 1. The van der Waals surface area contributed by atoms with E-state index in [0.717, 1.165) is 43.0 Å². The predicted molar refractivity (Wildman–Crippen MR) is 90.2 cm³/mol. The molecule has 2 aromatic rings. The minimum absolute atomic E-state index is 0.0828. The molecule has 0 unspecified atom stereocenters. The standard InChI is InChI=1S/C17H20FN3OS/c18-15-3-1-13(2-4-15)5-8-19-16(22)14-6-10-21(11-7-14)17-20-9-12-23-17/h1-4,9,12,14H,5-8,10-11H2,(H,19,22). The van der Waals surface area contributed by atoms with E-state index in [1.807, 2.05) is 11.6 Å². The molecule has 0 bridgehead atoms. The Bertz CT molecular complexity index is 622. The molecule has 6 heteroatoms. The molecule has 2 heterocycles. The summed E-state index contributed by atoms with van der Waals surface area (Å²) in [5.74, 6) is -0.0184. The summed E-state index contributed by atoms with van der Waals surface area (Å²) in [6.45, 7) is 2.35. The Morgan fingerprint density at radius 1 is 1.30 bits per heavy atom. The van der Waals surface area contributed by atoms with Crippen LogP contribution < -0.4 is 10.2 Å². The van der Waals surface area contributed by atoms with Crippen LogP contribution >= 0.6 is 11.3 Å². The van der Waals surface area contributed by atoms with Crippen molar-refractivity contribution in [2.45, 2.75) is 19.3 Å². The van der Waals surface area contributed by atoms with Crippen LogP contribution in [-0.2, 0) is 11.2 Å². The van der Waals surface area contributed by atoms with Gasteiger partial charge in [-0.2, -0.15) is 0 Å². The molecule has 0 spiro atoms. The third kappa shape index (κ3) is 4.28. The highest BCUT2D eigenvalue weighted by molar-refractivity contribution is 7.13. The average Bonchev–Trinajstić information content (AvgIpc) is 3.11. The molecule has 1 aliphatic rings. The number of hydrogen-bond donors (Lipinski definition) is 1. The third-order valence-electron chi connectivity index (χ3n) is 4.18. The van der Waals surface area contributed by atoms with Crippen LogP contribution in [0.5, 0.6) is 0 Å². The van der Waals surface area contributed by atoms with Gasteiger partial charge in [-0.05, 0) is 37.0 Å². The minimum atomic E-state index is -0.232. The van der Waals surface area contributed by atoms with E-state index in [0.29, 0.717) is 6.54 Å². The van der Waals surface area contributed by atoms with Gasteiger partial charge in [0.25, 0.3) is 0 Å². The molecule has 1 aliphatic heterocycles. The molecule has 1 N–H and O–H groups in total. The van der Waals surface area contributed by atoms with Crippen molar-refractivity contribution in [2.24, 2.45) is 5.92 Å². The number of carbonyl (C=O) groups excluding carboxylic acids is 1. The van der Waals surface area contributed by atoms with Crippen molar-refractivity contribution in [3.63, 3.8) is 0 Å².